The summed E-state index contributed by atoms with van der Waals surface area (Å²) in [5, 5.41) is 0. The van der Waals surface area contributed by atoms with Gasteiger partial charge < -0.3 is 20.9 Å². The molecule has 0 unspecified atom stereocenters. The van der Waals surface area contributed by atoms with Crippen molar-refractivity contribution in [3.63, 3.8) is 0 Å². The smallest absolute Gasteiger partial charge is 0.128 e. The van der Waals surface area contributed by atoms with Gasteiger partial charge in [0.25, 0.3) is 0 Å². The average Bonchev–Trinajstić information content (AvgIpc) is 2.16. The monoisotopic (exact) mass is 182 g/mol. The van der Waals surface area contributed by atoms with Crippen LogP contribution in [0.1, 0.15) is 11.7 Å². The van der Waals surface area contributed by atoms with E-state index in [2.05, 4.69) is 0 Å². The van der Waals surface area contributed by atoms with Gasteiger partial charge >= 0.3 is 0 Å². The highest BCUT2D eigenvalue weighted by Crippen LogP contribution is 2.26. The van der Waals surface area contributed by atoms with E-state index in [0.717, 1.165) is 11.3 Å². The first-order valence-electron chi connectivity index (χ1n) is 3.92. The summed E-state index contributed by atoms with van der Waals surface area (Å²) in [4.78, 5) is 0. The normalized spacial score (nSPS) is 10.2. The van der Waals surface area contributed by atoms with Gasteiger partial charge in [0.2, 0.25) is 0 Å². The summed E-state index contributed by atoms with van der Waals surface area (Å²) < 4.78 is 10.1. The Kier molecular flexibility index (Phi) is 3.11. The fourth-order valence-corrected chi connectivity index (χ4v) is 1.09. The van der Waals surface area contributed by atoms with Gasteiger partial charge in [0, 0.05) is 11.6 Å². The lowest BCUT2D eigenvalue weighted by Crippen LogP contribution is -2.20. The van der Waals surface area contributed by atoms with Crippen LogP contribution in [0.5, 0.6) is 11.5 Å². The summed E-state index contributed by atoms with van der Waals surface area (Å²) >= 11 is 0. The third-order valence-corrected chi connectivity index (χ3v) is 1.80. The highest BCUT2D eigenvalue weighted by Gasteiger charge is 2.08. The van der Waals surface area contributed by atoms with Crippen molar-refractivity contribution in [1.82, 2.24) is 0 Å². The van der Waals surface area contributed by atoms with Gasteiger partial charge in [0.1, 0.15) is 11.5 Å². The van der Waals surface area contributed by atoms with Crippen LogP contribution in [0, 0.1) is 0 Å². The Bertz CT molecular complexity index is 287. The molecule has 0 bridgehead atoms. The first-order valence-corrected chi connectivity index (χ1v) is 3.92. The predicted octanol–water partition coefficient (Wildman–Crippen LogP) is 0.620. The first-order chi connectivity index (χ1) is 6.19. The van der Waals surface area contributed by atoms with Crippen molar-refractivity contribution in [3.8, 4) is 11.5 Å². The van der Waals surface area contributed by atoms with Crippen molar-refractivity contribution in [2.45, 2.75) is 6.17 Å². The van der Waals surface area contributed by atoms with E-state index in [1.807, 2.05) is 0 Å². The Morgan fingerprint density at radius 3 is 2.31 bits per heavy atom. The number of hydrogen-bond acceptors (Lipinski definition) is 4. The zero-order chi connectivity index (χ0) is 9.84. The number of methoxy groups -OCH3 is 2. The van der Waals surface area contributed by atoms with E-state index < -0.39 is 6.17 Å². The summed E-state index contributed by atoms with van der Waals surface area (Å²) in [5.41, 5.74) is 11.8. The van der Waals surface area contributed by atoms with Crippen LogP contribution in [0.2, 0.25) is 0 Å². The molecule has 0 aromatic heterocycles. The zero-order valence-electron chi connectivity index (χ0n) is 7.78. The fourth-order valence-electron chi connectivity index (χ4n) is 1.09. The molecule has 0 heterocycles. The molecule has 4 nitrogen and oxygen atoms in total. The van der Waals surface area contributed by atoms with Crippen LogP contribution < -0.4 is 20.9 Å². The van der Waals surface area contributed by atoms with Gasteiger partial charge in [0.05, 0.1) is 20.4 Å². The Morgan fingerprint density at radius 2 is 1.85 bits per heavy atom. The minimum absolute atomic E-state index is 0.527. The summed E-state index contributed by atoms with van der Waals surface area (Å²) in [5.74, 6) is 1.37. The number of benzene rings is 1. The molecule has 72 valence electrons. The lowest BCUT2D eigenvalue weighted by atomic mass is 10.1. The van der Waals surface area contributed by atoms with Crippen molar-refractivity contribution in [3.05, 3.63) is 23.8 Å². The average molecular weight is 182 g/mol. The van der Waals surface area contributed by atoms with Gasteiger partial charge in [-0.05, 0) is 12.1 Å². The molecular weight excluding hydrogens is 168 g/mol. The van der Waals surface area contributed by atoms with Crippen molar-refractivity contribution in [2.24, 2.45) is 11.5 Å². The maximum atomic E-state index is 5.54. The Hall–Kier alpha value is -1.26. The van der Waals surface area contributed by atoms with Crippen LogP contribution in [0.3, 0.4) is 0 Å². The second kappa shape index (κ2) is 4.11. The van der Waals surface area contributed by atoms with Crippen LogP contribution in [-0.2, 0) is 0 Å². The Morgan fingerprint density at radius 1 is 1.15 bits per heavy atom. The quantitative estimate of drug-likeness (QED) is 0.672. The van der Waals surface area contributed by atoms with Gasteiger partial charge in [-0.2, -0.15) is 0 Å². The first kappa shape index (κ1) is 9.83. The molecule has 0 saturated heterocycles. The lowest BCUT2D eigenvalue weighted by Gasteiger charge is -2.12. The van der Waals surface area contributed by atoms with E-state index >= 15 is 0 Å². The second-order valence-corrected chi connectivity index (χ2v) is 2.63. The van der Waals surface area contributed by atoms with Gasteiger partial charge in [-0.1, -0.05) is 0 Å². The van der Waals surface area contributed by atoms with Crippen molar-refractivity contribution in [2.75, 3.05) is 14.2 Å². The summed E-state index contributed by atoms with van der Waals surface area (Å²) in [6, 6.07) is 5.34. The Labute approximate surface area is 77.4 Å². The lowest BCUT2D eigenvalue weighted by molar-refractivity contribution is 0.389. The molecule has 0 amide bonds. The molecule has 4 N–H and O–H groups in total. The van der Waals surface area contributed by atoms with Gasteiger partial charge in [-0.15, -0.1) is 0 Å². The molecule has 0 spiro atoms. The minimum atomic E-state index is -0.527. The van der Waals surface area contributed by atoms with Crippen LogP contribution in [0.25, 0.3) is 0 Å². The molecule has 0 atom stereocenters. The van der Waals surface area contributed by atoms with Gasteiger partial charge in [-0.3, -0.25) is 0 Å². The van der Waals surface area contributed by atoms with Crippen molar-refractivity contribution >= 4 is 0 Å². The molecule has 0 radical (unpaired) electrons. The molecule has 1 rings (SSSR count). The molecule has 13 heavy (non-hydrogen) atoms. The molecule has 0 aliphatic carbocycles. The molecule has 1 aromatic rings. The van der Waals surface area contributed by atoms with Crippen LogP contribution in [-0.4, -0.2) is 14.2 Å². The third kappa shape index (κ3) is 2.11. The van der Waals surface area contributed by atoms with Gasteiger partial charge in [-0.25, -0.2) is 0 Å². The second-order valence-electron chi connectivity index (χ2n) is 2.63. The highest BCUT2D eigenvalue weighted by atomic mass is 16.5. The SMILES string of the molecule is COc1ccc(C(N)N)c(OC)c1. The summed E-state index contributed by atoms with van der Waals surface area (Å²) in [7, 11) is 3.16. The number of hydrogen-bond donors (Lipinski definition) is 2. The molecule has 0 aliphatic rings. The fraction of sp³-hybridized carbons (Fsp3) is 0.333. The molecule has 4 heteroatoms. The topological polar surface area (TPSA) is 70.5 Å². The molecule has 1 aromatic carbocycles. The molecule has 0 saturated carbocycles. The van der Waals surface area contributed by atoms with E-state index in [0.29, 0.717) is 5.75 Å². The molecule has 0 fully saturated rings. The zero-order valence-corrected chi connectivity index (χ0v) is 7.78. The predicted molar refractivity (Wildman–Crippen MR) is 50.7 cm³/mol. The number of nitrogens with two attached hydrogens (primary N) is 2. The highest BCUT2D eigenvalue weighted by molar-refractivity contribution is 5.41. The number of ether oxygens (including phenoxy) is 2. The number of rotatable bonds is 3. The van der Waals surface area contributed by atoms with Crippen molar-refractivity contribution < 1.29 is 9.47 Å². The van der Waals surface area contributed by atoms with Crippen LogP contribution in [0.15, 0.2) is 18.2 Å². The Balaban J connectivity index is 3.08. The maximum absolute atomic E-state index is 5.54. The summed E-state index contributed by atoms with van der Waals surface area (Å²) in [6.45, 7) is 0. The van der Waals surface area contributed by atoms with Crippen molar-refractivity contribution in [1.29, 1.82) is 0 Å². The van der Waals surface area contributed by atoms with Crippen LogP contribution >= 0.6 is 0 Å². The molecule has 0 aliphatic heterocycles. The van der Waals surface area contributed by atoms with E-state index in [1.165, 1.54) is 0 Å². The molecular formula is C9H14N2O2. The largest absolute Gasteiger partial charge is 0.497 e. The van der Waals surface area contributed by atoms with Crippen LogP contribution in [0.4, 0.5) is 0 Å². The summed E-state index contributed by atoms with van der Waals surface area (Å²) in [6.07, 6.45) is -0.527. The van der Waals surface area contributed by atoms with Gasteiger partial charge in [0.15, 0.2) is 0 Å². The van der Waals surface area contributed by atoms with E-state index in [4.69, 9.17) is 20.9 Å². The minimum Gasteiger partial charge on any atom is -0.497 e. The van der Waals surface area contributed by atoms with E-state index in [9.17, 15) is 0 Å². The van der Waals surface area contributed by atoms with E-state index in [1.54, 1.807) is 32.4 Å². The standard InChI is InChI=1S/C9H14N2O2/c1-12-6-3-4-7(9(10)11)8(5-6)13-2/h3-5,9H,10-11H2,1-2H3. The third-order valence-electron chi connectivity index (χ3n) is 1.80. The maximum Gasteiger partial charge on any atom is 0.128 e. The van der Waals surface area contributed by atoms with E-state index in [-0.39, 0.29) is 0 Å².